The van der Waals surface area contributed by atoms with Crippen molar-refractivity contribution in [2.45, 2.75) is 6.18 Å². The van der Waals surface area contributed by atoms with E-state index in [4.69, 9.17) is 4.74 Å². The topological polar surface area (TPSA) is 9.23 Å². The van der Waals surface area contributed by atoms with E-state index in [-0.39, 0.29) is 5.75 Å². The van der Waals surface area contributed by atoms with Crippen molar-refractivity contribution in [3.63, 3.8) is 0 Å². The van der Waals surface area contributed by atoms with Gasteiger partial charge in [-0.2, -0.15) is 24.5 Å². The Hall–Kier alpha value is -1.75. The SMILES string of the molecule is C=Cc1cc(-c2ccsc2)ccc1OCC(F)(F)F. The van der Waals surface area contributed by atoms with E-state index in [0.717, 1.165) is 11.1 Å². The Morgan fingerprint density at radius 1 is 1.21 bits per heavy atom. The molecule has 0 atom stereocenters. The average Bonchev–Trinajstić information content (AvgIpc) is 2.89. The molecule has 0 aliphatic carbocycles. The summed E-state index contributed by atoms with van der Waals surface area (Å²) in [6.07, 6.45) is -2.86. The fourth-order valence-corrected chi connectivity index (χ4v) is 2.27. The molecule has 0 saturated heterocycles. The van der Waals surface area contributed by atoms with E-state index in [1.54, 1.807) is 23.5 Å². The molecule has 1 aromatic heterocycles. The number of benzene rings is 1. The van der Waals surface area contributed by atoms with Crippen molar-refractivity contribution in [2.24, 2.45) is 0 Å². The van der Waals surface area contributed by atoms with Gasteiger partial charge in [0.15, 0.2) is 6.61 Å². The highest BCUT2D eigenvalue weighted by Crippen LogP contribution is 2.29. The molecule has 0 N–H and O–H groups in total. The third-order valence-corrected chi connectivity index (χ3v) is 3.16. The summed E-state index contributed by atoms with van der Waals surface area (Å²) in [5.74, 6) is 0.186. The van der Waals surface area contributed by atoms with Crippen molar-refractivity contribution in [2.75, 3.05) is 6.61 Å². The van der Waals surface area contributed by atoms with Gasteiger partial charge in [0.2, 0.25) is 0 Å². The van der Waals surface area contributed by atoms with E-state index >= 15 is 0 Å². The first kappa shape index (κ1) is 13.7. The lowest BCUT2D eigenvalue weighted by Crippen LogP contribution is -2.19. The zero-order valence-electron chi connectivity index (χ0n) is 9.91. The highest BCUT2D eigenvalue weighted by molar-refractivity contribution is 7.08. The predicted octanol–water partition coefficient (Wildman–Crippen LogP) is 5.00. The van der Waals surface area contributed by atoms with Gasteiger partial charge in [0.1, 0.15) is 5.75 Å². The van der Waals surface area contributed by atoms with Crippen LogP contribution in [0.1, 0.15) is 5.56 Å². The lowest BCUT2D eigenvalue weighted by molar-refractivity contribution is -0.153. The first-order chi connectivity index (χ1) is 8.99. The summed E-state index contributed by atoms with van der Waals surface area (Å²) in [5, 5.41) is 3.91. The van der Waals surface area contributed by atoms with Crippen LogP contribution in [0.3, 0.4) is 0 Å². The van der Waals surface area contributed by atoms with Crippen LogP contribution in [0.25, 0.3) is 17.2 Å². The number of halogens is 3. The molecule has 0 fully saturated rings. The van der Waals surface area contributed by atoms with Crippen LogP contribution in [0.4, 0.5) is 13.2 Å². The van der Waals surface area contributed by atoms with E-state index in [1.165, 1.54) is 12.1 Å². The summed E-state index contributed by atoms with van der Waals surface area (Å²) in [7, 11) is 0. The van der Waals surface area contributed by atoms with Crippen LogP contribution in [0.15, 0.2) is 41.6 Å². The van der Waals surface area contributed by atoms with Gasteiger partial charge in [0.25, 0.3) is 0 Å². The Balaban J connectivity index is 2.24. The molecule has 2 rings (SSSR count). The number of rotatable bonds is 4. The van der Waals surface area contributed by atoms with Gasteiger partial charge in [-0.15, -0.1) is 0 Å². The minimum absolute atomic E-state index is 0.186. The minimum Gasteiger partial charge on any atom is -0.484 e. The fourth-order valence-electron chi connectivity index (χ4n) is 1.61. The summed E-state index contributed by atoms with van der Waals surface area (Å²) in [4.78, 5) is 0. The second-order valence-electron chi connectivity index (χ2n) is 3.87. The number of hydrogen-bond donors (Lipinski definition) is 0. The Kier molecular flexibility index (Phi) is 3.95. The standard InChI is InChI=1S/C14H11F3OS/c1-2-10-7-11(12-5-6-19-8-12)3-4-13(10)18-9-14(15,16)17/h2-8H,1,9H2. The molecule has 0 spiro atoms. The molecule has 1 aromatic carbocycles. The molecule has 0 amide bonds. The number of thiophene rings is 1. The Morgan fingerprint density at radius 3 is 2.58 bits per heavy atom. The van der Waals surface area contributed by atoms with Gasteiger partial charge in [-0.05, 0) is 40.1 Å². The smallest absolute Gasteiger partial charge is 0.422 e. The van der Waals surface area contributed by atoms with Crippen LogP contribution >= 0.6 is 11.3 Å². The van der Waals surface area contributed by atoms with Crippen molar-refractivity contribution < 1.29 is 17.9 Å². The molecule has 0 unspecified atom stereocenters. The monoisotopic (exact) mass is 284 g/mol. The van der Waals surface area contributed by atoms with Gasteiger partial charge in [-0.3, -0.25) is 0 Å². The van der Waals surface area contributed by atoms with E-state index < -0.39 is 12.8 Å². The molecule has 100 valence electrons. The van der Waals surface area contributed by atoms with Crippen molar-refractivity contribution in [3.05, 3.63) is 47.2 Å². The summed E-state index contributed by atoms with van der Waals surface area (Å²) in [6.45, 7) is 2.30. The molecule has 0 aliphatic rings. The van der Waals surface area contributed by atoms with Crippen LogP contribution in [-0.2, 0) is 0 Å². The first-order valence-electron chi connectivity index (χ1n) is 5.48. The molecule has 1 nitrogen and oxygen atoms in total. The van der Waals surface area contributed by atoms with Crippen molar-refractivity contribution >= 4 is 17.4 Å². The average molecular weight is 284 g/mol. The van der Waals surface area contributed by atoms with Crippen LogP contribution in [0, 0.1) is 0 Å². The zero-order valence-corrected chi connectivity index (χ0v) is 10.7. The zero-order chi connectivity index (χ0) is 13.9. The van der Waals surface area contributed by atoms with Crippen molar-refractivity contribution in [1.82, 2.24) is 0 Å². The van der Waals surface area contributed by atoms with E-state index in [9.17, 15) is 13.2 Å². The normalized spacial score (nSPS) is 11.3. The van der Waals surface area contributed by atoms with Gasteiger partial charge in [0, 0.05) is 5.56 Å². The number of hydrogen-bond acceptors (Lipinski definition) is 2. The van der Waals surface area contributed by atoms with Crippen molar-refractivity contribution in [3.8, 4) is 16.9 Å². The molecule has 1 heterocycles. The third-order valence-electron chi connectivity index (χ3n) is 2.48. The van der Waals surface area contributed by atoms with Gasteiger partial charge in [0.05, 0.1) is 0 Å². The van der Waals surface area contributed by atoms with Gasteiger partial charge >= 0.3 is 6.18 Å². The third kappa shape index (κ3) is 3.61. The van der Waals surface area contributed by atoms with Gasteiger partial charge < -0.3 is 4.74 Å². The summed E-state index contributed by atoms with van der Waals surface area (Å²) in [5.41, 5.74) is 2.50. The molecule has 2 aromatic rings. The van der Waals surface area contributed by atoms with Crippen LogP contribution in [0.5, 0.6) is 5.75 Å². The Morgan fingerprint density at radius 2 is 2.00 bits per heavy atom. The highest BCUT2D eigenvalue weighted by atomic mass is 32.1. The minimum atomic E-state index is -4.34. The molecule has 0 radical (unpaired) electrons. The summed E-state index contributed by atoms with van der Waals surface area (Å²) in [6, 6.07) is 6.99. The second-order valence-corrected chi connectivity index (χ2v) is 4.65. The maximum atomic E-state index is 12.1. The van der Waals surface area contributed by atoms with Gasteiger partial charge in [-0.25, -0.2) is 0 Å². The molecule has 0 aliphatic heterocycles. The first-order valence-corrected chi connectivity index (χ1v) is 6.42. The van der Waals surface area contributed by atoms with E-state index in [0.29, 0.717) is 5.56 Å². The molecular weight excluding hydrogens is 273 g/mol. The van der Waals surface area contributed by atoms with Crippen molar-refractivity contribution in [1.29, 1.82) is 0 Å². The molecule has 0 bridgehead atoms. The number of ether oxygens (including phenoxy) is 1. The van der Waals surface area contributed by atoms with E-state index in [2.05, 4.69) is 6.58 Å². The van der Waals surface area contributed by atoms with E-state index in [1.807, 2.05) is 16.8 Å². The second kappa shape index (κ2) is 5.48. The molecule has 5 heteroatoms. The maximum absolute atomic E-state index is 12.1. The Labute approximate surface area is 113 Å². The quantitative estimate of drug-likeness (QED) is 0.767. The molecular formula is C14H11F3OS. The van der Waals surface area contributed by atoms with Crippen LogP contribution in [-0.4, -0.2) is 12.8 Å². The maximum Gasteiger partial charge on any atom is 0.422 e. The fraction of sp³-hybridized carbons (Fsp3) is 0.143. The molecule has 0 saturated carbocycles. The summed E-state index contributed by atoms with van der Waals surface area (Å²) >= 11 is 1.56. The lowest BCUT2D eigenvalue weighted by atomic mass is 10.1. The summed E-state index contributed by atoms with van der Waals surface area (Å²) < 4.78 is 41.2. The lowest BCUT2D eigenvalue weighted by Gasteiger charge is -2.12. The van der Waals surface area contributed by atoms with Crippen LogP contribution < -0.4 is 4.74 Å². The largest absolute Gasteiger partial charge is 0.484 e. The number of alkyl halides is 3. The predicted molar refractivity (Wildman–Crippen MR) is 71.4 cm³/mol. The Bertz CT molecular complexity index is 559. The van der Waals surface area contributed by atoms with Gasteiger partial charge in [-0.1, -0.05) is 18.7 Å². The molecule has 19 heavy (non-hydrogen) atoms. The highest BCUT2D eigenvalue weighted by Gasteiger charge is 2.28. The van der Waals surface area contributed by atoms with Crippen LogP contribution in [0.2, 0.25) is 0 Å².